The van der Waals surface area contributed by atoms with Crippen LogP contribution in [0.3, 0.4) is 0 Å². The first-order valence-electron chi connectivity index (χ1n) is 12.9. The normalized spacial score (nSPS) is 16.3. The van der Waals surface area contributed by atoms with E-state index in [1.54, 1.807) is 31.4 Å². The van der Waals surface area contributed by atoms with Crippen LogP contribution in [0.25, 0.3) is 5.76 Å². The number of aliphatic hydroxyl groups excluding tert-OH is 1. The molecule has 4 rings (SSSR count). The number of hydrogen-bond donors (Lipinski definition) is 1. The number of ether oxygens (including phenoxy) is 3. The molecule has 3 aromatic carbocycles. The Bertz CT molecular complexity index is 1380. The third kappa shape index (κ3) is 5.55. The fourth-order valence-electron chi connectivity index (χ4n) is 4.74. The molecule has 204 valence electrons. The highest BCUT2D eigenvalue weighted by molar-refractivity contribution is 6.46. The maximum Gasteiger partial charge on any atom is 0.295 e. The van der Waals surface area contributed by atoms with Crippen molar-refractivity contribution in [1.29, 1.82) is 0 Å². The zero-order valence-electron chi connectivity index (χ0n) is 22.9. The van der Waals surface area contributed by atoms with Crippen molar-refractivity contribution in [2.45, 2.75) is 26.4 Å². The smallest absolute Gasteiger partial charge is 0.295 e. The number of aliphatic hydroxyl groups is 1. The van der Waals surface area contributed by atoms with Gasteiger partial charge >= 0.3 is 0 Å². The molecule has 0 bridgehead atoms. The predicted octanol–water partition coefficient (Wildman–Crippen LogP) is 5.18. The van der Waals surface area contributed by atoms with Gasteiger partial charge in [0.05, 0.1) is 44.0 Å². The summed E-state index contributed by atoms with van der Waals surface area (Å²) in [4.78, 5) is 30.5. The van der Waals surface area contributed by atoms with E-state index in [0.717, 1.165) is 11.3 Å². The van der Waals surface area contributed by atoms with Gasteiger partial charge in [-0.3, -0.25) is 9.59 Å². The number of carbonyl (C=O) groups is 2. The molecule has 1 atom stereocenters. The van der Waals surface area contributed by atoms with Gasteiger partial charge in [0, 0.05) is 31.4 Å². The Labute approximate surface area is 229 Å². The quantitative estimate of drug-likeness (QED) is 0.220. The monoisotopic (exact) mass is 530 g/mol. The van der Waals surface area contributed by atoms with Crippen molar-refractivity contribution >= 4 is 23.1 Å². The zero-order chi connectivity index (χ0) is 28.1. The van der Waals surface area contributed by atoms with Gasteiger partial charge in [0.25, 0.3) is 11.7 Å². The maximum atomic E-state index is 13.6. The summed E-state index contributed by atoms with van der Waals surface area (Å²) in [5.41, 5.74) is 2.71. The van der Waals surface area contributed by atoms with E-state index in [0.29, 0.717) is 41.6 Å². The molecule has 0 aromatic heterocycles. The molecule has 1 aliphatic rings. The average Bonchev–Trinajstić information content (AvgIpc) is 3.18. The number of amides is 1. The van der Waals surface area contributed by atoms with Crippen LogP contribution in [0, 0.1) is 0 Å². The highest BCUT2D eigenvalue weighted by Gasteiger charge is 2.46. The van der Waals surface area contributed by atoms with E-state index in [2.05, 4.69) is 0 Å². The molecule has 1 fully saturated rings. The number of anilines is 1. The average molecular weight is 531 g/mol. The standard InChI is InChI=1S/C31H34N2O6/c1-6-38-23-16-17-24(26(18-23)39-7-2)29(34)27-28(20-12-14-22(15-13-20)32(3)4)33(31(36)30(27)35)19-21-10-8-9-11-25(21)37-5/h8-18,28,34H,6-7,19H2,1-5H3/b29-27-. The summed E-state index contributed by atoms with van der Waals surface area (Å²) in [6.45, 7) is 4.63. The molecule has 0 saturated carbocycles. The third-order valence-corrected chi connectivity index (χ3v) is 6.62. The van der Waals surface area contributed by atoms with E-state index >= 15 is 0 Å². The number of rotatable bonds is 10. The van der Waals surface area contributed by atoms with Crippen LogP contribution < -0.4 is 19.1 Å². The lowest BCUT2D eigenvalue weighted by molar-refractivity contribution is -0.140. The van der Waals surface area contributed by atoms with Gasteiger partial charge in [-0.2, -0.15) is 0 Å². The van der Waals surface area contributed by atoms with Gasteiger partial charge in [0.2, 0.25) is 0 Å². The lowest BCUT2D eigenvalue weighted by atomic mass is 9.94. The van der Waals surface area contributed by atoms with E-state index in [9.17, 15) is 14.7 Å². The molecule has 1 aliphatic heterocycles. The Morgan fingerprint density at radius 1 is 0.923 bits per heavy atom. The SMILES string of the molecule is CCOc1ccc(/C(O)=C2/C(=O)C(=O)N(Cc3ccccc3OC)C2c2ccc(N(C)C)cc2)c(OCC)c1. The number of benzene rings is 3. The predicted molar refractivity (Wildman–Crippen MR) is 150 cm³/mol. The number of Topliss-reactive ketones (excluding diaryl/α,β-unsaturated/α-hetero) is 1. The minimum absolute atomic E-state index is 0.00221. The van der Waals surface area contributed by atoms with Crippen LogP contribution >= 0.6 is 0 Å². The van der Waals surface area contributed by atoms with Gasteiger partial charge in [0.15, 0.2) is 0 Å². The highest BCUT2D eigenvalue weighted by atomic mass is 16.5. The molecule has 0 aliphatic carbocycles. The first-order chi connectivity index (χ1) is 18.8. The molecule has 3 aromatic rings. The molecule has 0 spiro atoms. The summed E-state index contributed by atoms with van der Waals surface area (Å²) in [5.74, 6) is -0.229. The van der Waals surface area contributed by atoms with Crippen molar-refractivity contribution in [3.63, 3.8) is 0 Å². The fraction of sp³-hybridized carbons (Fsp3) is 0.290. The second-order valence-corrected chi connectivity index (χ2v) is 9.25. The van der Waals surface area contributed by atoms with Crippen LogP contribution in [0.15, 0.2) is 72.3 Å². The molecule has 39 heavy (non-hydrogen) atoms. The lowest BCUT2D eigenvalue weighted by Gasteiger charge is -2.26. The van der Waals surface area contributed by atoms with Crippen LogP contribution in [-0.2, 0) is 16.1 Å². The molecule has 1 saturated heterocycles. The summed E-state index contributed by atoms with van der Waals surface area (Å²) in [6.07, 6.45) is 0. The number of likely N-dealkylation sites (tertiary alicyclic amines) is 1. The van der Waals surface area contributed by atoms with Gasteiger partial charge in [0.1, 0.15) is 23.0 Å². The van der Waals surface area contributed by atoms with Gasteiger partial charge < -0.3 is 29.1 Å². The summed E-state index contributed by atoms with van der Waals surface area (Å²) in [5, 5.41) is 11.6. The molecule has 1 heterocycles. The van der Waals surface area contributed by atoms with Crippen molar-refractivity contribution < 1.29 is 28.9 Å². The van der Waals surface area contributed by atoms with E-state index in [4.69, 9.17) is 14.2 Å². The summed E-state index contributed by atoms with van der Waals surface area (Å²) >= 11 is 0. The summed E-state index contributed by atoms with van der Waals surface area (Å²) in [6, 6.07) is 19.1. The largest absolute Gasteiger partial charge is 0.507 e. The van der Waals surface area contributed by atoms with Crippen LogP contribution in [0.5, 0.6) is 17.2 Å². The molecular weight excluding hydrogens is 496 g/mol. The summed E-state index contributed by atoms with van der Waals surface area (Å²) < 4.78 is 16.9. The third-order valence-electron chi connectivity index (χ3n) is 6.62. The van der Waals surface area contributed by atoms with Crippen molar-refractivity contribution in [2.75, 3.05) is 39.3 Å². The van der Waals surface area contributed by atoms with E-state index in [1.165, 1.54) is 4.90 Å². The number of methoxy groups -OCH3 is 1. The maximum absolute atomic E-state index is 13.6. The fourth-order valence-corrected chi connectivity index (χ4v) is 4.74. The number of carbonyl (C=O) groups excluding carboxylic acids is 2. The number of para-hydroxylation sites is 1. The first kappa shape index (κ1) is 27.6. The molecule has 1 unspecified atom stereocenters. The van der Waals surface area contributed by atoms with Gasteiger partial charge in [-0.15, -0.1) is 0 Å². The Morgan fingerprint density at radius 3 is 2.26 bits per heavy atom. The van der Waals surface area contributed by atoms with Gasteiger partial charge in [-0.1, -0.05) is 30.3 Å². The zero-order valence-corrected chi connectivity index (χ0v) is 22.9. The lowest BCUT2D eigenvalue weighted by Crippen LogP contribution is -2.29. The second kappa shape index (κ2) is 11.9. The van der Waals surface area contributed by atoms with E-state index < -0.39 is 17.7 Å². The Hall–Kier alpha value is -4.46. The minimum atomic E-state index is -0.827. The molecular formula is C31H34N2O6. The number of nitrogens with zero attached hydrogens (tertiary/aromatic N) is 2. The van der Waals surface area contributed by atoms with Gasteiger partial charge in [-0.25, -0.2) is 0 Å². The molecule has 8 nitrogen and oxygen atoms in total. The van der Waals surface area contributed by atoms with Crippen LogP contribution in [-0.4, -0.2) is 56.1 Å². The molecule has 1 N–H and O–H groups in total. The van der Waals surface area contributed by atoms with Crippen molar-refractivity contribution in [3.8, 4) is 17.2 Å². The minimum Gasteiger partial charge on any atom is -0.507 e. The number of ketones is 1. The van der Waals surface area contributed by atoms with Crippen LogP contribution in [0.1, 0.15) is 36.6 Å². The van der Waals surface area contributed by atoms with E-state index in [1.807, 2.05) is 75.3 Å². The topological polar surface area (TPSA) is 88.5 Å². The number of hydrogen-bond acceptors (Lipinski definition) is 7. The van der Waals surface area contributed by atoms with Gasteiger partial charge in [-0.05, 0) is 49.7 Å². The molecule has 0 radical (unpaired) electrons. The van der Waals surface area contributed by atoms with Crippen molar-refractivity contribution in [3.05, 3.63) is 89.0 Å². The van der Waals surface area contributed by atoms with Crippen LogP contribution in [0.2, 0.25) is 0 Å². The summed E-state index contributed by atoms with van der Waals surface area (Å²) in [7, 11) is 5.43. The Kier molecular flexibility index (Phi) is 8.44. The Balaban J connectivity index is 1.89. The van der Waals surface area contributed by atoms with E-state index in [-0.39, 0.29) is 17.9 Å². The molecule has 8 heteroatoms. The van der Waals surface area contributed by atoms with Crippen molar-refractivity contribution in [1.82, 2.24) is 4.90 Å². The first-order valence-corrected chi connectivity index (χ1v) is 12.9. The highest BCUT2D eigenvalue weighted by Crippen LogP contribution is 2.43. The Morgan fingerprint density at radius 2 is 1.62 bits per heavy atom. The van der Waals surface area contributed by atoms with Crippen LogP contribution in [0.4, 0.5) is 5.69 Å². The second-order valence-electron chi connectivity index (χ2n) is 9.25. The molecule has 1 amide bonds. The van der Waals surface area contributed by atoms with Crippen molar-refractivity contribution in [2.24, 2.45) is 0 Å².